The van der Waals surface area contributed by atoms with Crippen LogP contribution in [0.25, 0.3) is 0 Å². The van der Waals surface area contributed by atoms with E-state index in [4.69, 9.17) is 14.2 Å². The zero-order chi connectivity index (χ0) is 24.8. The van der Waals surface area contributed by atoms with E-state index in [-0.39, 0.29) is 29.3 Å². The van der Waals surface area contributed by atoms with Gasteiger partial charge in [0.05, 0.1) is 24.9 Å². The van der Waals surface area contributed by atoms with Crippen LogP contribution in [0.5, 0.6) is 11.5 Å². The fourth-order valence-electron chi connectivity index (χ4n) is 3.83. The average Bonchev–Trinajstić information content (AvgIpc) is 2.84. The highest BCUT2D eigenvalue weighted by Crippen LogP contribution is 2.36. The molecular weight excluding hydrogens is 444 g/mol. The van der Waals surface area contributed by atoms with Gasteiger partial charge < -0.3 is 39.7 Å². The van der Waals surface area contributed by atoms with Gasteiger partial charge in [0, 0.05) is 17.5 Å². The Bertz CT molecular complexity index is 947. The zero-order valence-corrected chi connectivity index (χ0v) is 19.2. The minimum Gasteiger partial charge on any atom is -0.504 e. The van der Waals surface area contributed by atoms with Crippen LogP contribution in [-0.4, -0.2) is 81.3 Å². The van der Waals surface area contributed by atoms with E-state index in [9.17, 15) is 30.3 Å². The van der Waals surface area contributed by atoms with E-state index in [1.807, 2.05) is 6.92 Å². The first-order chi connectivity index (χ1) is 16.3. The number of aliphatic hydroxyl groups excluding tert-OH is 4. The number of ketones is 1. The SMILES string of the molecule is CCCOc1c(CC(C)O[C@@H]2O[C@H](CO)[C@@H](O)[C@H](O)[C@H]2O)ccc(C(=O)c2ccccc2)c1O. The second-order valence-corrected chi connectivity index (χ2v) is 8.34. The number of aliphatic hydroxyl groups is 4. The van der Waals surface area contributed by atoms with Crippen molar-refractivity contribution >= 4 is 5.78 Å². The lowest BCUT2D eigenvalue weighted by Gasteiger charge is -2.40. The fourth-order valence-corrected chi connectivity index (χ4v) is 3.83. The van der Waals surface area contributed by atoms with Gasteiger partial charge in [-0.25, -0.2) is 0 Å². The van der Waals surface area contributed by atoms with Gasteiger partial charge in [0.25, 0.3) is 0 Å². The summed E-state index contributed by atoms with van der Waals surface area (Å²) in [5.41, 5.74) is 1.13. The maximum absolute atomic E-state index is 12.9. The Morgan fingerprint density at radius 1 is 1.06 bits per heavy atom. The molecule has 0 bridgehead atoms. The summed E-state index contributed by atoms with van der Waals surface area (Å²) in [5.74, 6) is -0.427. The van der Waals surface area contributed by atoms with Crippen LogP contribution in [0.15, 0.2) is 42.5 Å². The largest absolute Gasteiger partial charge is 0.504 e. The van der Waals surface area contributed by atoms with Crippen molar-refractivity contribution in [1.82, 2.24) is 0 Å². The van der Waals surface area contributed by atoms with Crippen molar-refractivity contribution in [2.75, 3.05) is 13.2 Å². The van der Waals surface area contributed by atoms with Crippen LogP contribution in [0.2, 0.25) is 0 Å². The minimum atomic E-state index is -1.54. The van der Waals surface area contributed by atoms with E-state index in [1.54, 1.807) is 43.3 Å². The molecule has 5 N–H and O–H groups in total. The van der Waals surface area contributed by atoms with Crippen LogP contribution in [0.1, 0.15) is 41.8 Å². The number of hydrogen-bond acceptors (Lipinski definition) is 9. The van der Waals surface area contributed by atoms with Gasteiger partial charge in [0.1, 0.15) is 24.4 Å². The molecule has 2 aromatic carbocycles. The number of carbonyl (C=O) groups is 1. The Morgan fingerprint density at radius 3 is 2.41 bits per heavy atom. The Hall–Kier alpha value is -2.53. The molecule has 9 nitrogen and oxygen atoms in total. The second-order valence-electron chi connectivity index (χ2n) is 8.34. The molecule has 1 saturated heterocycles. The minimum absolute atomic E-state index is 0.114. The normalized spacial score (nSPS) is 25.6. The molecule has 34 heavy (non-hydrogen) atoms. The average molecular weight is 477 g/mol. The van der Waals surface area contributed by atoms with Gasteiger partial charge in [-0.15, -0.1) is 0 Å². The first-order valence-electron chi connectivity index (χ1n) is 11.3. The molecule has 0 aliphatic carbocycles. The summed E-state index contributed by atoms with van der Waals surface area (Å²) in [6, 6.07) is 11.8. The van der Waals surface area contributed by atoms with Crippen molar-refractivity contribution in [3.05, 3.63) is 59.2 Å². The van der Waals surface area contributed by atoms with E-state index < -0.39 is 43.4 Å². The number of aromatic hydroxyl groups is 1. The van der Waals surface area contributed by atoms with Crippen molar-refractivity contribution in [2.45, 2.75) is 63.5 Å². The smallest absolute Gasteiger partial charge is 0.196 e. The molecular formula is C25H32O9. The van der Waals surface area contributed by atoms with Crippen molar-refractivity contribution in [1.29, 1.82) is 0 Å². The lowest BCUT2D eigenvalue weighted by atomic mass is 9.97. The highest BCUT2D eigenvalue weighted by molar-refractivity contribution is 6.11. The maximum Gasteiger partial charge on any atom is 0.196 e. The van der Waals surface area contributed by atoms with Gasteiger partial charge in [-0.1, -0.05) is 43.3 Å². The van der Waals surface area contributed by atoms with Crippen LogP contribution >= 0.6 is 0 Å². The molecule has 0 aromatic heterocycles. The predicted molar refractivity (Wildman–Crippen MR) is 122 cm³/mol. The van der Waals surface area contributed by atoms with Crippen LogP contribution in [0, 0.1) is 0 Å². The Labute approximate surface area is 198 Å². The molecule has 1 heterocycles. The molecule has 186 valence electrons. The third-order valence-corrected chi connectivity index (χ3v) is 5.67. The number of phenols is 1. The predicted octanol–water partition coefficient (Wildman–Crippen LogP) is 1.16. The molecule has 2 aromatic rings. The van der Waals surface area contributed by atoms with Crippen molar-refractivity contribution < 1.29 is 44.5 Å². The molecule has 0 spiro atoms. The number of ether oxygens (including phenoxy) is 3. The Balaban J connectivity index is 1.80. The van der Waals surface area contributed by atoms with Gasteiger partial charge >= 0.3 is 0 Å². The van der Waals surface area contributed by atoms with Crippen LogP contribution in [-0.2, 0) is 15.9 Å². The Kier molecular flexibility index (Phi) is 9.01. The van der Waals surface area contributed by atoms with E-state index >= 15 is 0 Å². The van der Waals surface area contributed by atoms with E-state index in [1.165, 1.54) is 6.07 Å². The van der Waals surface area contributed by atoms with Gasteiger partial charge in [-0.05, 0) is 19.4 Å². The van der Waals surface area contributed by atoms with E-state index in [2.05, 4.69) is 0 Å². The van der Waals surface area contributed by atoms with Crippen LogP contribution < -0.4 is 4.74 Å². The van der Waals surface area contributed by atoms with Gasteiger partial charge in [0.2, 0.25) is 0 Å². The van der Waals surface area contributed by atoms with Crippen LogP contribution in [0.3, 0.4) is 0 Å². The summed E-state index contributed by atoms with van der Waals surface area (Å²) in [4.78, 5) is 12.9. The molecule has 0 radical (unpaired) electrons. The van der Waals surface area contributed by atoms with Crippen molar-refractivity contribution in [3.8, 4) is 11.5 Å². The number of rotatable bonds is 10. The van der Waals surface area contributed by atoms with Gasteiger partial charge in [-0.3, -0.25) is 4.79 Å². The van der Waals surface area contributed by atoms with Crippen molar-refractivity contribution in [3.63, 3.8) is 0 Å². The summed E-state index contributed by atoms with van der Waals surface area (Å²) in [6.45, 7) is 3.39. The molecule has 3 rings (SSSR count). The summed E-state index contributed by atoms with van der Waals surface area (Å²) >= 11 is 0. The summed E-state index contributed by atoms with van der Waals surface area (Å²) in [5, 5.41) is 50.4. The third kappa shape index (κ3) is 5.75. The molecule has 9 heteroatoms. The lowest BCUT2D eigenvalue weighted by Crippen LogP contribution is -2.59. The number of hydrogen-bond donors (Lipinski definition) is 5. The van der Waals surface area contributed by atoms with Crippen LogP contribution in [0.4, 0.5) is 0 Å². The quantitative estimate of drug-likeness (QED) is 0.319. The second kappa shape index (κ2) is 11.7. The lowest BCUT2D eigenvalue weighted by molar-refractivity contribution is -0.309. The molecule has 1 unspecified atom stereocenters. The molecule has 6 atom stereocenters. The molecule has 1 aliphatic rings. The van der Waals surface area contributed by atoms with E-state index in [0.717, 1.165) is 0 Å². The van der Waals surface area contributed by atoms with Gasteiger partial charge in [-0.2, -0.15) is 0 Å². The first-order valence-corrected chi connectivity index (χ1v) is 11.3. The standard InChI is InChI=1S/C25H32O9/c1-3-11-32-24-16(9-10-17(20(24)28)19(27)15-7-5-4-6-8-15)12-14(2)33-25-23(31)22(30)21(29)18(13-26)34-25/h4-10,14,18,21-23,25-26,28-31H,3,11-13H2,1-2H3/t14?,18-,21-,22+,23-,25-/m1/s1. The van der Waals surface area contributed by atoms with Crippen molar-refractivity contribution in [2.24, 2.45) is 0 Å². The highest BCUT2D eigenvalue weighted by atomic mass is 16.7. The third-order valence-electron chi connectivity index (χ3n) is 5.67. The highest BCUT2D eigenvalue weighted by Gasteiger charge is 2.44. The molecule has 1 fully saturated rings. The molecule has 0 amide bonds. The summed E-state index contributed by atoms with van der Waals surface area (Å²) < 4.78 is 16.9. The number of phenolic OH excluding ortho intramolecular Hbond substituents is 1. The monoisotopic (exact) mass is 476 g/mol. The maximum atomic E-state index is 12.9. The fraction of sp³-hybridized carbons (Fsp3) is 0.480. The molecule has 1 aliphatic heterocycles. The zero-order valence-electron chi connectivity index (χ0n) is 19.2. The molecule has 0 saturated carbocycles. The van der Waals surface area contributed by atoms with Gasteiger partial charge in [0.15, 0.2) is 23.6 Å². The number of carbonyl (C=O) groups excluding carboxylic acids is 1. The topological polar surface area (TPSA) is 146 Å². The Morgan fingerprint density at radius 2 is 1.76 bits per heavy atom. The summed E-state index contributed by atoms with van der Waals surface area (Å²) in [6.07, 6.45) is -6.57. The summed E-state index contributed by atoms with van der Waals surface area (Å²) in [7, 11) is 0. The number of benzene rings is 2. The first kappa shape index (κ1) is 26.1. The van der Waals surface area contributed by atoms with E-state index in [0.29, 0.717) is 24.2 Å².